The summed E-state index contributed by atoms with van der Waals surface area (Å²) >= 11 is 0. The van der Waals surface area contributed by atoms with Crippen molar-refractivity contribution in [3.8, 4) is 0 Å². The summed E-state index contributed by atoms with van der Waals surface area (Å²) in [6, 6.07) is 9.84. The highest BCUT2D eigenvalue weighted by molar-refractivity contribution is 5.48. The first kappa shape index (κ1) is 24.1. The van der Waals surface area contributed by atoms with Crippen molar-refractivity contribution in [3.63, 3.8) is 0 Å². The van der Waals surface area contributed by atoms with Gasteiger partial charge in [-0.2, -0.15) is 0 Å². The normalized spacial score (nSPS) is 38.2. The van der Waals surface area contributed by atoms with Gasteiger partial charge in [0.15, 0.2) is 6.29 Å². The lowest BCUT2D eigenvalue weighted by Crippen LogP contribution is -2.60. The fourth-order valence-electron chi connectivity index (χ4n) is 4.36. The maximum Gasteiger partial charge on any atom is 0.209 e. The third kappa shape index (κ3) is 5.37. The first-order chi connectivity index (χ1) is 16.0. The average molecular weight is 462 g/mol. The van der Waals surface area contributed by atoms with E-state index in [0.717, 1.165) is 11.1 Å². The largest absolute Gasteiger partial charge is 0.472 e. The van der Waals surface area contributed by atoms with Crippen LogP contribution < -0.4 is 0 Å². The van der Waals surface area contributed by atoms with Gasteiger partial charge in [0.2, 0.25) is 6.29 Å². The van der Waals surface area contributed by atoms with Crippen molar-refractivity contribution in [2.24, 2.45) is 11.8 Å². The molecular formula is C24H30O9. The van der Waals surface area contributed by atoms with Crippen molar-refractivity contribution in [1.82, 2.24) is 0 Å². The van der Waals surface area contributed by atoms with E-state index in [9.17, 15) is 25.5 Å². The van der Waals surface area contributed by atoms with Gasteiger partial charge in [0.25, 0.3) is 0 Å². The second-order valence-electron chi connectivity index (χ2n) is 8.33. The van der Waals surface area contributed by atoms with Gasteiger partial charge in [-0.05, 0) is 17.2 Å². The molecule has 9 atom stereocenters. The van der Waals surface area contributed by atoms with Crippen LogP contribution >= 0.6 is 0 Å². The zero-order valence-corrected chi connectivity index (χ0v) is 18.0. The minimum atomic E-state index is -1.56. The molecule has 0 bridgehead atoms. The van der Waals surface area contributed by atoms with Crippen LogP contribution in [0, 0.1) is 11.8 Å². The van der Waals surface area contributed by atoms with Crippen LogP contribution in [0.1, 0.15) is 5.56 Å². The highest BCUT2D eigenvalue weighted by Crippen LogP contribution is 2.41. The molecule has 1 aliphatic carbocycles. The van der Waals surface area contributed by atoms with E-state index in [4.69, 9.17) is 18.9 Å². The molecule has 9 nitrogen and oxygen atoms in total. The van der Waals surface area contributed by atoms with Crippen molar-refractivity contribution < 1.29 is 44.5 Å². The molecule has 2 heterocycles. The van der Waals surface area contributed by atoms with E-state index < -0.39 is 55.6 Å². The number of aliphatic hydroxyl groups excluding tert-OH is 5. The lowest BCUT2D eigenvalue weighted by Gasteiger charge is -2.42. The van der Waals surface area contributed by atoms with Gasteiger partial charge >= 0.3 is 0 Å². The van der Waals surface area contributed by atoms with E-state index in [1.165, 1.54) is 6.26 Å². The fourth-order valence-corrected chi connectivity index (χ4v) is 4.36. The number of hydrogen-bond acceptors (Lipinski definition) is 9. The maximum atomic E-state index is 10.5. The Morgan fingerprint density at radius 3 is 2.52 bits per heavy atom. The number of benzene rings is 1. The number of fused-ring (bicyclic) bond motifs is 1. The Hall–Kier alpha value is -2.08. The molecule has 0 saturated carbocycles. The van der Waals surface area contributed by atoms with Crippen LogP contribution in [0.25, 0.3) is 6.08 Å². The minimum Gasteiger partial charge on any atom is -0.472 e. The summed E-state index contributed by atoms with van der Waals surface area (Å²) in [6.07, 6.45) is 0.0104. The van der Waals surface area contributed by atoms with Crippen molar-refractivity contribution in [1.29, 1.82) is 0 Å². The number of aliphatic hydroxyl groups is 5. The molecule has 0 radical (unpaired) electrons. The SMILES string of the molecule is OC[C@H]1O[C@@H](O[C@@H]2OC=C[C@@H]3[C@H]2C(COC/C=C/c2ccccc2)=C[C@H]3O)[C@H](O)[C@@H](O)[C@@H]1O. The predicted molar refractivity (Wildman–Crippen MR) is 116 cm³/mol. The van der Waals surface area contributed by atoms with Gasteiger partial charge in [-0.25, -0.2) is 0 Å². The fraction of sp³-hybridized carbons (Fsp3) is 0.500. The van der Waals surface area contributed by atoms with Gasteiger partial charge in [0, 0.05) is 5.92 Å². The molecule has 0 aromatic heterocycles. The van der Waals surface area contributed by atoms with Gasteiger partial charge in [0.05, 0.1) is 38.1 Å². The van der Waals surface area contributed by atoms with Crippen LogP contribution in [0.5, 0.6) is 0 Å². The quantitative estimate of drug-likeness (QED) is 0.266. The number of ether oxygens (including phenoxy) is 4. The Bertz CT molecular complexity index is 853. The zero-order chi connectivity index (χ0) is 23.4. The van der Waals surface area contributed by atoms with Gasteiger partial charge in [-0.3, -0.25) is 0 Å². The molecule has 180 valence electrons. The molecular weight excluding hydrogens is 432 g/mol. The number of rotatable bonds is 8. The first-order valence-electron chi connectivity index (χ1n) is 11.0. The Kier molecular flexibility index (Phi) is 7.94. The Morgan fingerprint density at radius 2 is 1.76 bits per heavy atom. The molecule has 5 N–H and O–H groups in total. The van der Waals surface area contributed by atoms with Crippen LogP contribution in [-0.4, -0.2) is 88.5 Å². The minimum absolute atomic E-state index is 0.239. The molecule has 0 spiro atoms. The van der Waals surface area contributed by atoms with Gasteiger partial charge in [-0.15, -0.1) is 0 Å². The lowest BCUT2D eigenvalue weighted by molar-refractivity contribution is -0.339. The van der Waals surface area contributed by atoms with Crippen LogP contribution in [0.4, 0.5) is 0 Å². The smallest absolute Gasteiger partial charge is 0.209 e. The van der Waals surface area contributed by atoms with E-state index in [2.05, 4.69) is 0 Å². The zero-order valence-electron chi connectivity index (χ0n) is 18.0. The van der Waals surface area contributed by atoms with Crippen molar-refractivity contribution in [2.75, 3.05) is 19.8 Å². The Morgan fingerprint density at radius 1 is 0.970 bits per heavy atom. The highest BCUT2D eigenvalue weighted by Gasteiger charge is 2.49. The van der Waals surface area contributed by atoms with Crippen LogP contribution in [0.2, 0.25) is 0 Å². The van der Waals surface area contributed by atoms with E-state index in [-0.39, 0.29) is 12.5 Å². The lowest BCUT2D eigenvalue weighted by atomic mass is 9.88. The summed E-state index contributed by atoms with van der Waals surface area (Å²) in [6.45, 7) is 0.0498. The summed E-state index contributed by atoms with van der Waals surface area (Å²) in [4.78, 5) is 0. The Labute approximate surface area is 191 Å². The topological polar surface area (TPSA) is 138 Å². The van der Waals surface area contributed by atoms with Crippen molar-refractivity contribution in [2.45, 2.75) is 43.1 Å². The summed E-state index contributed by atoms with van der Waals surface area (Å²) in [7, 11) is 0. The summed E-state index contributed by atoms with van der Waals surface area (Å²) < 4.78 is 22.7. The summed E-state index contributed by atoms with van der Waals surface area (Å²) in [5.41, 5.74) is 1.84. The highest BCUT2D eigenvalue weighted by atomic mass is 16.8. The van der Waals surface area contributed by atoms with Gasteiger partial charge in [-0.1, -0.05) is 48.6 Å². The molecule has 1 saturated heterocycles. The molecule has 0 amide bonds. The van der Waals surface area contributed by atoms with Crippen LogP contribution in [-0.2, 0) is 18.9 Å². The molecule has 2 aliphatic heterocycles. The van der Waals surface area contributed by atoms with Crippen molar-refractivity contribution >= 4 is 6.08 Å². The van der Waals surface area contributed by atoms with Gasteiger partial charge < -0.3 is 44.5 Å². The van der Waals surface area contributed by atoms with Crippen LogP contribution in [0.15, 0.2) is 60.4 Å². The summed E-state index contributed by atoms with van der Waals surface area (Å²) in [5.74, 6) is -0.720. The standard InChI is InChI=1S/C24H30O9/c25-12-18-20(27)21(28)22(29)24(32-18)33-23-19-15(11-17(26)16(19)8-10-31-23)13-30-9-4-7-14-5-2-1-3-6-14/h1-8,10-11,16-29H,9,12-13H2/b7-4+/t16-,17+,18+,19+,20+,21-,22+,23-,24-/m0/s1. The van der Waals surface area contributed by atoms with E-state index in [1.807, 2.05) is 42.5 Å². The molecule has 0 unspecified atom stereocenters. The molecule has 4 rings (SSSR count). The van der Waals surface area contributed by atoms with Gasteiger partial charge in [0.1, 0.15) is 24.4 Å². The first-order valence-corrected chi connectivity index (χ1v) is 11.0. The van der Waals surface area contributed by atoms with E-state index in [1.54, 1.807) is 12.2 Å². The number of hydrogen-bond donors (Lipinski definition) is 5. The maximum absolute atomic E-state index is 10.5. The molecule has 33 heavy (non-hydrogen) atoms. The van der Waals surface area contributed by atoms with E-state index in [0.29, 0.717) is 6.61 Å². The van der Waals surface area contributed by atoms with Crippen LogP contribution in [0.3, 0.4) is 0 Å². The molecule has 1 aromatic carbocycles. The third-order valence-electron chi connectivity index (χ3n) is 6.14. The Balaban J connectivity index is 1.38. The van der Waals surface area contributed by atoms with E-state index >= 15 is 0 Å². The molecule has 3 aliphatic rings. The second kappa shape index (κ2) is 10.9. The predicted octanol–water partition coefficient (Wildman–Crippen LogP) is -0.0638. The second-order valence-corrected chi connectivity index (χ2v) is 8.33. The van der Waals surface area contributed by atoms with Crippen molar-refractivity contribution in [3.05, 3.63) is 66.0 Å². The molecule has 1 aromatic rings. The third-order valence-corrected chi connectivity index (χ3v) is 6.14. The molecule has 1 fully saturated rings. The monoisotopic (exact) mass is 462 g/mol. The molecule has 9 heteroatoms. The average Bonchev–Trinajstić information content (AvgIpc) is 3.16. The summed E-state index contributed by atoms with van der Waals surface area (Å²) in [5, 5.41) is 50.2.